The molecule has 0 aliphatic carbocycles. The van der Waals surface area contributed by atoms with Crippen LogP contribution in [0.2, 0.25) is 0 Å². The van der Waals surface area contributed by atoms with E-state index in [1.807, 2.05) is 12.1 Å². The van der Waals surface area contributed by atoms with Crippen LogP contribution in [0.5, 0.6) is 5.75 Å². The number of ketones is 1. The van der Waals surface area contributed by atoms with E-state index in [0.29, 0.717) is 22.5 Å². The maximum Gasteiger partial charge on any atom is 0.357 e. The van der Waals surface area contributed by atoms with Gasteiger partial charge in [-0.15, -0.1) is 0 Å². The first-order valence-electron chi connectivity index (χ1n) is 10.3. The number of nitrogens with two attached hydrogens (primary N) is 1. The largest absolute Gasteiger partial charge is 0.545 e. The zero-order chi connectivity index (χ0) is 25.4. The third kappa shape index (κ3) is 3.55. The number of carboxylic acids is 1. The molecular formula is C25H19N4O6-. The van der Waals surface area contributed by atoms with E-state index in [0.717, 1.165) is 17.7 Å². The van der Waals surface area contributed by atoms with Gasteiger partial charge in [0.15, 0.2) is 5.69 Å². The number of aromatic carboxylic acids is 1. The minimum atomic E-state index is -1.59. The Morgan fingerprint density at radius 3 is 2.49 bits per heavy atom. The molecule has 0 atom stereocenters. The van der Waals surface area contributed by atoms with Crippen molar-refractivity contribution in [3.8, 4) is 17.5 Å². The van der Waals surface area contributed by atoms with Gasteiger partial charge in [-0.1, -0.05) is 6.07 Å². The Hall–Kier alpha value is -5.04. The summed E-state index contributed by atoms with van der Waals surface area (Å²) in [5.74, 6) is -2.37. The number of hydrogen-bond donors (Lipinski definition) is 1. The van der Waals surface area contributed by atoms with Crippen LogP contribution in [0.25, 0.3) is 11.2 Å². The van der Waals surface area contributed by atoms with Crippen molar-refractivity contribution >= 4 is 28.9 Å². The summed E-state index contributed by atoms with van der Waals surface area (Å²) in [5.41, 5.74) is 6.74. The molecule has 0 spiro atoms. The summed E-state index contributed by atoms with van der Waals surface area (Å²) in [5, 5.41) is 21.4. The summed E-state index contributed by atoms with van der Waals surface area (Å²) in [6.07, 6.45) is 2.93. The van der Waals surface area contributed by atoms with Crippen LogP contribution in [0.3, 0.4) is 0 Å². The number of nitriles is 1. The van der Waals surface area contributed by atoms with E-state index in [1.54, 1.807) is 29.7 Å². The van der Waals surface area contributed by atoms with E-state index in [9.17, 15) is 24.8 Å². The number of aromatic nitrogens is 2. The molecular weight excluding hydrogens is 452 g/mol. The predicted molar refractivity (Wildman–Crippen MR) is 123 cm³/mol. The Labute approximate surface area is 199 Å². The van der Waals surface area contributed by atoms with Gasteiger partial charge in [-0.25, -0.2) is 4.79 Å². The topological polar surface area (TPSA) is 152 Å². The molecule has 10 heteroatoms. The predicted octanol–water partition coefficient (Wildman–Crippen LogP) is 1.88. The second-order valence-electron chi connectivity index (χ2n) is 7.59. The molecule has 176 valence electrons. The highest BCUT2D eigenvalue weighted by molar-refractivity contribution is 6.11. The van der Waals surface area contributed by atoms with E-state index < -0.39 is 17.7 Å². The van der Waals surface area contributed by atoms with Crippen LogP contribution in [0.1, 0.15) is 48.0 Å². The standard InChI is InChI=1S/C25H20N4O6/c1-13-20(28-9-5-4-6-18(28)23(13)34-2)22(30)14-7-8-17(16(10-14)24(31)32)29-12-15(11-26)19(27)21(29)25(33)35-3/h4-10,12H,27H2,1-3H3,(H,31,32)/p-1. The molecule has 3 heterocycles. The molecule has 3 aromatic heterocycles. The van der Waals surface area contributed by atoms with E-state index in [1.165, 1.54) is 25.4 Å². The van der Waals surface area contributed by atoms with Crippen LogP contribution in [-0.4, -0.2) is 40.9 Å². The number of ether oxygens (including phenoxy) is 2. The van der Waals surface area contributed by atoms with Gasteiger partial charge in [0.1, 0.15) is 17.5 Å². The summed E-state index contributed by atoms with van der Waals surface area (Å²) < 4.78 is 13.0. The number of rotatable bonds is 6. The summed E-state index contributed by atoms with van der Waals surface area (Å²) in [7, 11) is 2.63. The van der Waals surface area contributed by atoms with Crippen molar-refractivity contribution in [2.45, 2.75) is 6.92 Å². The number of anilines is 1. The minimum absolute atomic E-state index is 0.0236. The van der Waals surface area contributed by atoms with Gasteiger partial charge in [-0.2, -0.15) is 5.26 Å². The van der Waals surface area contributed by atoms with Gasteiger partial charge in [0.2, 0.25) is 5.78 Å². The fourth-order valence-corrected chi connectivity index (χ4v) is 4.13. The zero-order valence-corrected chi connectivity index (χ0v) is 19.0. The fourth-order valence-electron chi connectivity index (χ4n) is 4.13. The van der Waals surface area contributed by atoms with E-state index in [2.05, 4.69) is 0 Å². The van der Waals surface area contributed by atoms with Crippen molar-refractivity contribution < 1.29 is 29.0 Å². The van der Waals surface area contributed by atoms with Crippen LogP contribution in [0.4, 0.5) is 5.69 Å². The highest BCUT2D eigenvalue weighted by atomic mass is 16.5. The molecule has 2 N–H and O–H groups in total. The van der Waals surface area contributed by atoms with Crippen molar-refractivity contribution in [1.29, 1.82) is 5.26 Å². The van der Waals surface area contributed by atoms with Crippen LogP contribution < -0.4 is 15.6 Å². The van der Waals surface area contributed by atoms with Crippen LogP contribution in [0.15, 0.2) is 48.8 Å². The maximum atomic E-state index is 13.5. The summed E-state index contributed by atoms with van der Waals surface area (Å²) >= 11 is 0. The Bertz CT molecular complexity index is 1570. The highest BCUT2D eigenvalue weighted by Gasteiger charge is 2.26. The number of hydrogen-bond acceptors (Lipinski definition) is 8. The lowest BCUT2D eigenvalue weighted by Crippen LogP contribution is -2.25. The lowest BCUT2D eigenvalue weighted by molar-refractivity contribution is -0.255. The molecule has 1 aromatic carbocycles. The molecule has 0 amide bonds. The summed E-state index contributed by atoms with van der Waals surface area (Å²) in [4.78, 5) is 37.9. The SMILES string of the molecule is COC(=O)c1c(N)c(C#N)cn1-c1ccc(C(=O)c2c(C)c(OC)c3ccccn23)cc1C(=O)[O-]. The first-order valence-corrected chi connectivity index (χ1v) is 10.3. The van der Waals surface area contributed by atoms with Crippen LogP contribution in [-0.2, 0) is 4.74 Å². The molecule has 0 saturated heterocycles. The van der Waals surface area contributed by atoms with Crippen molar-refractivity contribution in [3.05, 3.63) is 82.4 Å². The van der Waals surface area contributed by atoms with Crippen molar-refractivity contribution in [2.75, 3.05) is 20.0 Å². The molecule has 0 fully saturated rings. The molecule has 0 aliphatic rings. The minimum Gasteiger partial charge on any atom is -0.545 e. The Morgan fingerprint density at radius 1 is 1.11 bits per heavy atom. The second-order valence-corrected chi connectivity index (χ2v) is 7.59. The summed E-state index contributed by atoms with van der Waals surface area (Å²) in [6, 6.07) is 11.1. The van der Waals surface area contributed by atoms with Crippen molar-refractivity contribution in [2.24, 2.45) is 0 Å². The van der Waals surface area contributed by atoms with Crippen molar-refractivity contribution in [3.63, 3.8) is 0 Å². The molecule has 4 rings (SSSR count). The number of carbonyl (C=O) groups is 3. The van der Waals surface area contributed by atoms with E-state index >= 15 is 0 Å². The number of nitrogen functional groups attached to an aromatic ring is 1. The molecule has 0 saturated carbocycles. The van der Waals surface area contributed by atoms with Gasteiger partial charge >= 0.3 is 5.97 Å². The Balaban J connectivity index is 1.92. The van der Waals surface area contributed by atoms with Crippen LogP contribution >= 0.6 is 0 Å². The molecule has 35 heavy (non-hydrogen) atoms. The van der Waals surface area contributed by atoms with Crippen molar-refractivity contribution in [1.82, 2.24) is 8.97 Å². The quantitative estimate of drug-likeness (QED) is 0.331. The Kier molecular flexibility index (Phi) is 5.76. The third-order valence-corrected chi connectivity index (χ3v) is 5.73. The maximum absolute atomic E-state index is 13.5. The number of methoxy groups -OCH3 is 2. The van der Waals surface area contributed by atoms with Gasteiger partial charge in [0.25, 0.3) is 0 Å². The average Bonchev–Trinajstić information content (AvgIpc) is 3.35. The highest BCUT2D eigenvalue weighted by Crippen LogP contribution is 2.33. The molecule has 0 unspecified atom stereocenters. The number of fused-ring (bicyclic) bond motifs is 1. The number of esters is 1. The smallest absolute Gasteiger partial charge is 0.357 e. The Morgan fingerprint density at radius 2 is 1.86 bits per heavy atom. The number of carbonyl (C=O) groups excluding carboxylic acids is 3. The molecule has 0 aliphatic heterocycles. The average molecular weight is 471 g/mol. The monoisotopic (exact) mass is 471 g/mol. The van der Waals surface area contributed by atoms with E-state index in [4.69, 9.17) is 15.2 Å². The first-order chi connectivity index (χ1) is 16.7. The fraction of sp³-hybridized carbons (Fsp3) is 0.120. The number of nitrogens with zero attached hydrogens (tertiary/aromatic N) is 3. The van der Waals surface area contributed by atoms with Gasteiger partial charge in [-0.05, 0) is 37.3 Å². The number of carboxylic acid groups (broad SMARTS) is 1. The molecule has 0 bridgehead atoms. The zero-order valence-electron chi connectivity index (χ0n) is 19.0. The lowest BCUT2D eigenvalue weighted by atomic mass is 10.0. The molecule has 0 radical (unpaired) electrons. The number of benzene rings is 1. The number of pyridine rings is 1. The molecule has 10 nitrogen and oxygen atoms in total. The molecule has 4 aromatic rings. The first kappa shape index (κ1) is 23.1. The normalized spacial score (nSPS) is 10.7. The van der Waals surface area contributed by atoms with Gasteiger partial charge in [0.05, 0.1) is 42.6 Å². The summed E-state index contributed by atoms with van der Waals surface area (Å²) in [6.45, 7) is 1.74. The van der Waals surface area contributed by atoms with E-state index in [-0.39, 0.29) is 33.8 Å². The van der Waals surface area contributed by atoms with Gasteiger partial charge < -0.3 is 34.1 Å². The van der Waals surface area contributed by atoms with Gasteiger partial charge in [-0.3, -0.25) is 4.79 Å². The second kappa shape index (κ2) is 8.72. The van der Waals surface area contributed by atoms with Gasteiger partial charge in [0, 0.05) is 29.1 Å². The lowest BCUT2D eigenvalue weighted by Gasteiger charge is -2.15. The van der Waals surface area contributed by atoms with Crippen LogP contribution in [0, 0.1) is 18.3 Å². The third-order valence-electron chi connectivity index (χ3n) is 5.73.